The van der Waals surface area contributed by atoms with Gasteiger partial charge in [-0.15, -0.1) is 0 Å². The average molecular weight is 436 g/mol. The second kappa shape index (κ2) is 10.6. The van der Waals surface area contributed by atoms with Crippen molar-refractivity contribution in [3.63, 3.8) is 0 Å². The zero-order valence-corrected chi connectivity index (χ0v) is 19.1. The predicted molar refractivity (Wildman–Crippen MR) is 127 cm³/mol. The van der Waals surface area contributed by atoms with E-state index in [1.165, 1.54) is 5.56 Å². The number of allylic oxidation sites excluding steroid dienone is 1. The van der Waals surface area contributed by atoms with Crippen molar-refractivity contribution in [1.29, 1.82) is 0 Å². The van der Waals surface area contributed by atoms with Crippen LogP contribution in [0.1, 0.15) is 56.2 Å². The number of ketones is 1. The van der Waals surface area contributed by atoms with Crippen molar-refractivity contribution in [1.82, 2.24) is 5.32 Å². The Morgan fingerprint density at radius 1 is 1.12 bits per heavy atom. The van der Waals surface area contributed by atoms with Gasteiger partial charge in [0.2, 0.25) is 0 Å². The molecule has 1 fully saturated rings. The third-order valence-electron chi connectivity index (χ3n) is 6.20. The van der Waals surface area contributed by atoms with Gasteiger partial charge in [0.05, 0.1) is 11.3 Å². The Kier molecular flexibility index (Phi) is 7.86. The third kappa shape index (κ3) is 5.46. The number of hydrogen-bond acceptors (Lipinski definition) is 4. The molecule has 1 aliphatic heterocycles. The standard InChI is InChI=1S/C27H33NO4/c1-19(2)22-12-9-21(10-13-22)11-14-25(29)27(15-6-16-28-18-27)23-7-4-5-8-24(23)32-17-20(3)26(30)31/h4-5,7-14,19-20,28H,6,15-18H2,1-3H3,(H,30,31). The lowest BCUT2D eigenvalue weighted by molar-refractivity contribution is -0.142. The second-order valence-corrected chi connectivity index (χ2v) is 8.93. The number of piperidine rings is 1. The van der Waals surface area contributed by atoms with E-state index in [0.29, 0.717) is 24.6 Å². The van der Waals surface area contributed by atoms with Crippen molar-refractivity contribution in [3.8, 4) is 5.75 Å². The number of aliphatic carboxylic acids is 1. The number of para-hydroxylation sites is 1. The number of rotatable bonds is 9. The molecule has 5 heteroatoms. The van der Waals surface area contributed by atoms with Crippen LogP contribution >= 0.6 is 0 Å². The number of carboxylic acids is 1. The number of nitrogens with one attached hydrogen (secondary N) is 1. The normalized spacial score (nSPS) is 19.8. The van der Waals surface area contributed by atoms with Crippen LogP contribution in [0.25, 0.3) is 6.08 Å². The summed E-state index contributed by atoms with van der Waals surface area (Å²) in [5.41, 5.74) is 2.33. The fourth-order valence-electron chi connectivity index (χ4n) is 4.08. The number of carbonyl (C=O) groups is 2. The Bertz CT molecular complexity index is 956. The minimum Gasteiger partial charge on any atom is -0.492 e. The van der Waals surface area contributed by atoms with E-state index in [1.807, 2.05) is 42.5 Å². The Labute approximate surface area is 190 Å². The van der Waals surface area contributed by atoms with Gasteiger partial charge in [-0.3, -0.25) is 9.59 Å². The Morgan fingerprint density at radius 3 is 2.47 bits per heavy atom. The maximum Gasteiger partial charge on any atom is 0.309 e. The fourth-order valence-corrected chi connectivity index (χ4v) is 4.08. The number of benzene rings is 2. The summed E-state index contributed by atoms with van der Waals surface area (Å²) in [7, 11) is 0. The van der Waals surface area contributed by atoms with Crippen LogP contribution in [0.4, 0.5) is 0 Å². The lowest BCUT2D eigenvalue weighted by atomic mass is 9.71. The first-order valence-corrected chi connectivity index (χ1v) is 11.3. The van der Waals surface area contributed by atoms with E-state index < -0.39 is 17.3 Å². The van der Waals surface area contributed by atoms with Crippen molar-refractivity contribution < 1.29 is 19.4 Å². The lowest BCUT2D eigenvalue weighted by Crippen LogP contribution is -2.48. The maximum atomic E-state index is 13.6. The highest BCUT2D eigenvalue weighted by Crippen LogP contribution is 2.38. The molecule has 2 aromatic carbocycles. The van der Waals surface area contributed by atoms with E-state index in [9.17, 15) is 14.7 Å². The number of carbonyl (C=O) groups excluding carboxylic acids is 1. The van der Waals surface area contributed by atoms with Crippen LogP contribution in [0.5, 0.6) is 5.75 Å². The third-order valence-corrected chi connectivity index (χ3v) is 6.20. The molecule has 5 nitrogen and oxygen atoms in total. The first-order chi connectivity index (χ1) is 15.3. The van der Waals surface area contributed by atoms with Gasteiger partial charge in [-0.1, -0.05) is 62.4 Å². The molecule has 2 unspecified atom stereocenters. The quantitative estimate of drug-likeness (QED) is 0.553. The van der Waals surface area contributed by atoms with Gasteiger partial charge in [0, 0.05) is 12.1 Å². The Hall–Kier alpha value is -2.92. The summed E-state index contributed by atoms with van der Waals surface area (Å²) >= 11 is 0. The van der Waals surface area contributed by atoms with Crippen molar-refractivity contribution in [2.45, 2.75) is 44.9 Å². The van der Waals surface area contributed by atoms with Crippen molar-refractivity contribution in [3.05, 3.63) is 71.3 Å². The lowest BCUT2D eigenvalue weighted by Gasteiger charge is -2.37. The molecule has 0 saturated carbocycles. The van der Waals surface area contributed by atoms with Gasteiger partial charge in [0.15, 0.2) is 5.78 Å². The Morgan fingerprint density at radius 2 is 1.84 bits per heavy atom. The average Bonchev–Trinajstić information content (AvgIpc) is 2.81. The monoisotopic (exact) mass is 435 g/mol. The number of carboxylic acid groups (broad SMARTS) is 1. The van der Waals surface area contributed by atoms with Gasteiger partial charge in [-0.05, 0) is 55.5 Å². The van der Waals surface area contributed by atoms with Crippen LogP contribution in [0.2, 0.25) is 0 Å². The molecule has 2 aromatic rings. The van der Waals surface area contributed by atoms with Crippen LogP contribution < -0.4 is 10.1 Å². The smallest absolute Gasteiger partial charge is 0.309 e. The zero-order valence-electron chi connectivity index (χ0n) is 19.1. The van der Waals surface area contributed by atoms with Crippen molar-refractivity contribution in [2.24, 2.45) is 5.92 Å². The first-order valence-electron chi connectivity index (χ1n) is 11.3. The first kappa shape index (κ1) is 23.7. The molecule has 0 radical (unpaired) electrons. The van der Waals surface area contributed by atoms with Gasteiger partial charge < -0.3 is 15.2 Å². The van der Waals surface area contributed by atoms with Gasteiger partial charge in [-0.2, -0.15) is 0 Å². The molecule has 0 aromatic heterocycles. The highest BCUT2D eigenvalue weighted by Gasteiger charge is 2.41. The van der Waals surface area contributed by atoms with Crippen LogP contribution in [0.15, 0.2) is 54.6 Å². The highest BCUT2D eigenvalue weighted by molar-refractivity contribution is 6.02. The largest absolute Gasteiger partial charge is 0.492 e. The molecule has 170 valence electrons. The van der Waals surface area contributed by atoms with Crippen molar-refractivity contribution >= 4 is 17.8 Å². The molecule has 0 amide bonds. The molecule has 1 aliphatic rings. The van der Waals surface area contributed by atoms with Gasteiger partial charge in [-0.25, -0.2) is 0 Å². The molecular formula is C27H33NO4. The molecule has 32 heavy (non-hydrogen) atoms. The molecule has 0 spiro atoms. The minimum atomic E-state index is -0.904. The fraction of sp³-hybridized carbons (Fsp3) is 0.407. The van der Waals surface area contributed by atoms with Gasteiger partial charge >= 0.3 is 5.97 Å². The van der Waals surface area contributed by atoms with Crippen LogP contribution in [0.3, 0.4) is 0 Å². The molecule has 0 bridgehead atoms. The van der Waals surface area contributed by atoms with E-state index in [0.717, 1.165) is 24.1 Å². The topological polar surface area (TPSA) is 75.6 Å². The Balaban J connectivity index is 1.88. The number of ether oxygens (including phenoxy) is 1. The van der Waals surface area contributed by atoms with Crippen LogP contribution in [-0.4, -0.2) is 36.6 Å². The zero-order chi connectivity index (χ0) is 23.1. The van der Waals surface area contributed by atoms with Gasteiger partial charge in [0.25, 0.3) is 0 Å². The summed E-state index contributed by atoms with van der Waals surface area (Å²) < 4.78 is 5.90. The summed E-state index contributed by atoms with van der Waals surface area (Å²) in [6, 6.07) is 15.8. The molecule has 0 aliphatic carbocycles. The summed E-state index contributed by atoms with van der Waals surface area (Å²) in [6.45, 7) is 7.38. The SMILES string of the molecule is CC(COc1ccccc1C1(C(=O)C=Cc2ccc(C(C)C)cc2)CCCNC1)C(=O)O. The molecule has 1 saturated heterocycles. The second-order valence-electron chi connectivity index (χ2n) is 8.93. The van der Waals surface area contributed by atoms with Crippen molar-refractivity contribution in [2.75, 3.05) is 19.7 Å². The predicted octanol–water partition coefficient (Wildman–Crippen LogP) is 4.81. The molecular weight excluding hydrogens is 402 g/mol. The van der Waals surface area contributed by atoms with E-state index in [4.69, 9.17) is 4.74 Å². The van der Waals surface area contributed by atoms with E-state index in [-0.39, 0.29) is 12.4 Å². The molecule has 1 heterocycles. The number of hydrogen-bond donors (Lipinski definition) is 2. The molecule has 2 atom stereocenters. The minimum absolute atomic E-state index is 0.0277. The maximum absolute atomic E-state index is 13.6. The van der Waals surface area contributed by atoms with Crippen LogP contribution in [0, 0.1) is 5.92 Å². The van der Waals surface area contributed by atoms with E-state index >= 15 is 0 Å². The van der Waals surface area contributed by atoms with Gasteiger partial charge in [0.1, 0.15) is 12.4 Å². The van der Waals surface area contributed by atoms with Crippen LogP contribution in [-0.2, 0) is 15.0 Å². The summed E-state index contributed by atoms with van der Waals surface area (Å²) in [5.74, 6) is -0.467. The molecule has 2 N–H and O–H groups in total. The highest BCUT2D eigenvalue weighted by atomic mass is 16.5. The summed E-state index contributed by atoms with van der Waals surface area (Å²) in [6.07, 6.45) is 5.14. The molecule has 3 rings (SSSR count). The summed E-state index contributed by atoms with van der Waals surface area (Å²) in [4.78, 5) is 24.8. The van der Waals surface area contributed by atoms with E-state index in [2.05, 4.69) is 31.3 Å². The van der Waals surface area contributed by atoms with E-state index in [1.54, 1.807) is 13.0 Å². The summed E-state index contributed by atoms with van der Waals surface area (Å²) in [5, 5.41) is 12.6.